The van der Waals surface area contributed by atoms with Crippen molar-refractivity contribution in [2.24, 2.45) is 40.0 Å². The summed E-state index contributed by atoms with van der Waals surface area (Å²) in [5.74, 6) is 1.20. The number of fused-ring (bicyclic) bond motifs is 29. The molecular weight excluding hydrogens is 1630 g/mol. The van der Waals surface area contributed by atoms with Crippen molar-refractivity contribution in [3.8, 4) is 89.5 Å². The predicted octanol–water partition coefficient (Wildman–Crippen LogP) is 31.1. The maximum atomic E-state index is 6.95. The first-order valence-electron chi connectivity index (χ1n) is 49.0. The second kappa shape index (κ2) is 31.6. The summed E-state index contributed by atoms with van der Waals surface area (Å²) in [5.41, 5.74) is 50.4. The molecule has 0 bridgehead atoms. The van der Waals surface area contributed by atoms with E-state index in [0.717, 1.165) is 57.5 Å². The standard InChI is InChI=1S/C35H38NO.2C31H28NO.C29H26NO/c1-21(2)18-35(19-22(3)4)29-11-9-8-10-25(29)27-17-32-28(16-30(27)35)26-14-13-24(6)33(34(26)37-32)31-15-12-23(5)20-36(31)7;1-19-10-15-26(32(3)18-19)27-20(2)11-12-23-24-14-13-22-21-8-4-5-9-25(21)31(16-6-7-17-31)28(22)30(24)33-29(23)27;1-19-10-13-27(32(3)18-19)29-20(2)11-12-22-24-16-26-23(17-28(24)33-30(22)29)21-8-4-5-9-25(21)31(26)14-6-7-15-31;1-17-10-13-25(30(5)16-17)27-18(2)11-12-20-22-14-24-21(15-26(22)31-28(20)27)19-8-6-7-9-23(19)29(24,3)4/h8-17,20-22H,18-19H2,1-7H3;4-5,8-15,18H,6-7,16-17H2,1-3H3;4-5,8-13,16-18H,6-7,14-15H2,1-3H3;6-16H,1-5H3/q4*+1. The lowest BCUT2D eigenvalue weighted by atomic mass is 9.68. The number of nitrogens with zero attached hydrogens (tertiary/aromatic N) is 4. The van der Waals surface area contributed by atoms with Crippen LogP contribution in [0.4, 0.5) is 0 Å². The van der Waals surface area contributed by atoms with Crippen LogP contribution >= 0.6 is 0 Å². The van der Waals surface area contributed by atoms with Crippen molar-refractivity contribution in [3.05, 3.63) is 356 Å². The summed E-state index contributed by atoms with van der Waals surface area (Å²) in [4.78, 5) is 0. The topological polar surface area (TPSA) is 68.1 Å². The van der Waals surface area contributed by atoms with Crippen molar-refractivity contribution in [2.75, 3.05) is 0 Å². The maximum absolute atomic E-state index is 6.95. The van der Waals surface area contributed by atoms with Gasteiger partial charge in [0, 0.05) is 117 Å². The molecule has 6 aliphatic rings. The van der Waals surface area contributed by atoms with Crippen LogP contribution in [-0.2, 0) is 49.9 Å². The Kier molecular flexibility index (Phi) is 19.9. The third-order valence-corrected chi connectivity index (χ3v) is 31.8. The Balaban J connectivity index is 0.000000101. The minimum atomic E-state index is -0.0133. The molecule has 8 aromatic heterocycles. The summed E-state index contributed by atoms with van der Waals surface area (Å²) in [5, 5.41) is 9.76. The van der Waals surface area contributed by atoms with Gasteiger partial charge < -0.3 is 17.7 Å². The molecule has 134 heavy (non-hydrogen) atoms. The van der Waals surface area contributed by atoms with E-state index >= 15 is 0 Å². The van der Waals surface area contributed by atoms with Gasteiger partial charge in [-0.05, 0) is 278 Å². The van der Waals surface area contributed by atoms with E-state index in [1.807, 2.05) is 0 Å². The van der Waals surface area contributed by atoms with Gasteiger partial charge in [0.05, 0.1) is 22.3 Å². The van der Waals surface area contributed by atoms with Crippen LogP contribution in [-0.4, -0.2) is 0 Å². The van der Waals surface area contributed by atoms with Crippen molar-refractivity contribution in [3.63, 3.8) is 0 Å². The normalized spacial score (nSPS) is 15.1. The molecule has 2 spiro atoms. The highest BCUT2D eigenvalue weighted by atomic mass is 16.3. The maximum Gasteiger partial charge on any atom is 0.216 e. The number of aryl methyl sites for hydroxylation is 12. The third kappa shape index (κ3) is 12.9. The summed E-state index contributed by atoms with van der Waals surface area (Å²) < 4.78 is 35.9. The van der Waals surface area contributed by atoms with Crippen LogP contribution in [0.3, 0.4) is 0 Å². The number of benzene rings is 12. The molecule has 0 atom stereocenters. The van der Waals surface area contributed by atoms with Crippen molar-refractivity contribution >= 4 is 87.8 Å². The molecule has 8 heterocycles. The second-order valence-corrected chi connectivity index (χ2v) is 42.0. The van der Waals surface area contributed by atoms with E-state index in [0.29, 0.717) is 11.8 Å². The average Bonchev–Trinajstić information content (AvgIpc) is 1.53. The first-order chi connectivity index (χ1) is 64.7. The van der Waals surface area contributed by atoms with E-state index in [9.17, 15) is 0 Å². The van der Waals surface area contributed by atoms with E-state index in [1.54, 1.807) is 0 Å². The largest absolute Gasteiger partial charge is 0.455 e. The fourth-order valence-corrected chi connectivity index (χ4v) is 26.1. The van der Waals surface area contributed by atoms with Gasteiger partial charge in [-0.25, -0.2) is 18.3 Å². The first-order valence-corrected chi connectivity index (χ1v) is 49.0. The number of furan rings is 4. The molecule has 0 N–H and O–H groups in total. The van der Waals surface area contributed by atoms with Gasteiger partial charge in [0.2, 0.25) is 22.8 Å². The van der Waals surface area contributed by atoms with Gasteiger partial charge in [-0.15, -0.1) is 0 Å². The second-order valence-electron chi connectivity index (χ2n) is 42.0. The molecule has 2 saturated carbocycles. The Morgan fingerprint density at radius 1 is 0.269 bits per heavy atom. The van der Waals surface area contributed by atoms with E-state index in [2.05, 4.69) is 411 Å². The van der Waals surface area contributed by atoms with Crippen molar-refractivity contribution in [1.29, 1.82) is 0 Å². The summed E-state index contributed by atoms with van der Waals surface area (Å²) in [6.07, 6.45) is 21.2. The molecule has 0 saturated heterocycles. The molecule has 8 nitrogen and oxygen atoms in total. The highest BCUT2D eigenvalue weighted by molar-refractivity contribution is 6.16. The van der Waals surface area contributed by atoms with Crippen LogP contribution in [0.5, 0.6) is 0 Å². The summed E-state index contributed by atoms with van der Waals surface area (Å²) >= 11 is 0. The summed E-state index contributed by atoms with van der Waals surface area (Å²) in [6, 6.07) is 90.4. The molecule has 2 fully saturated rings. The van der Waals surface area contributed by atoms with Crippen LogP contribution in [0.15, 0.2) is 285 Å². The van der Waals surface area contributed by atoms with E-state index in [-0.39, 0.29) is 21.7 Å². The molecule has 0 radical (unpaired) electrons. The van der Waals surface area contributed by atoms with Gasteiger partial charge in [-0.2, -0.15) is 0 Å². The molecule has 8 heteroatoms. The molecule has 6 aliphatic carbocycles. The smallest absolute Gasteiger partial charge is 0.216 e. The lowest BCUT2D eigenvalue weighted by molar-refractivity contribution is -0.660. The van der Waals surface area contributed by atoms with Crippen LogP contribution in [0.1, 0.15) is 195 Å². The van der Waals surface area contributed by atoms with Crippen LogP contribution in [0.25, 0.3) is 177 Å². The summed E-state index contributed by atoms with van der Waals surface area (Å²) in [7, 11) is 8.49. The number of hydrogen-bond acceptors (Lipinski definition) is 4. The Labute approximate surface area is 787 Å². The highest BCUT2D eigenvalue weighted by Crippen LogP contribution is 2.63. The lowest BCUT2D eigenvalue weighted by Crippen LogP contribution is -2.31. The fourth-order valence-electron chi connectivity index (χ4n) is 26.1. The van der Waals surface area contributed by atoms with Gasteiger partial charge in [-0.3, -0.25) is 0 Å². The molecular formula is C126H120N4O4+4. The molecule has 20 aromatic rings. The van der Waals surface area contributed by atoms with Gasteiger partial charge in [0.1, 0.15) is 72.9 Å². The van der Waals surface area contributed by atoms with Gasteiger partial charge in [-0.1, -0.05) is 219 Å². The average molecular weight is 1750 g/mol. The minimum absolute atomic E-state index is 0.0133. The van der Waals surface area contributed by atoms with Crippen LogP contribution in [0, 0.1) is 67.2 Å². The molecule has 0 amide bonds. The Morgan fingerprint density at radius 2 is 0.575 bits per heavy atom. The summed E-state index contributed by atoms with van der Waals surface area (Å²) in [6.45, 7) is 31.4. The number of aromatic nitrogens is 4. The van der Waals surface area contributed by atoms with E-state index in [4.69, 9.17) is 17.7 Å². The molecule has 12 aromatic carbocycles. The zero-order chi connectivity index (χ0) is 92.2. The van der Waals surface area contributed by atoms with E-state index < -0.39 is 0 Å². The van der Waals surface area contributed by atoms with Crippen LogP contribution < -0.4 is 18.3 Å². The number of hydrogen-bond donors (Lipinski definition) is 0. The third-order valence-electron chi connectivity index (χ3n) is 31.8. The monoisotopic (exact) mass is 1750 g/mol. The number of pyridine rings is 4. The number of rotatable bonds is 8. The quantitative estimate of drug-likeness (QED) is 0.142. The van der Waals surface area contributed by atoms with Crippen LogP contribution in [0.2, 0.25) is 0 Å². The molecule has 26 rings (SSSR count). The van der Waals surface area contributed by atoms with Crippen molar-refractivity contribution in [2.45, 2.75) is 183 Å². The Morgan fingerprint density at radius 3 is 0.985 bits per heavy atom. The highest BCUT2D eigenvalue weighted by Gasteiger charge is 2.50. The van der Waals surface area contributed by atoms with Gasteiger partial charge in [0.25, 0.3) is 0 Å². The van der Waals surface area contributed by atoms with E-state index in [1.165, 1.54) is 273 Å². The molecule has 664 valence electrons. The predicted molar refractivity (Wildman–Crippen MR) is 551 cm³/mol. The Bertz CT molecular complexity index is 8310. The molecule has 0 unspecified atom stereocenters. The first kappa shape index (κ1) is 84.7. The fraction of sp³-hybridized carbons (Fsp3) is 0.270. The van der Waals surface area contributed by atoms with Crippen molar-refractivity contribution < 1.29 is 35.9 Å². The zero-order valence-corrected chi connectivity index (χ0v) is 81.1. The lowest BCUT2D eigenvalue weighted by Gasteiger charge is -2.35. The minimum Gasteiger partial charge on any atom is -0.455 e. The molecule has 0 aliphatic heterocycles. The van der Waals surface area contributed by atoms with Gasteiger partial charge in [0.15, 0.2) is 24.8 Å². The SMILES string of the molecule is Cc1ccc(-c2c(C)ccc3c2oc2c4c(ccc23)-c2ccccc2C42CCCC2)[n+](C)c1.Cc1ccc(-c2c(C)ccc3c2oc2cc4c(cc23)C(C)(C)c2ccccc2-4)[n+](C)c1.Cc1ccc(-c2c(C)ccc3c2oc2cc4c(cc23)C(CC(C)C)(CC(C)C)c2ccccc2-4)[n+](C)c1.Cc1ccc(-c2c(C)ccc3c2oc2cc4c(cc23)C2(CCCC2)c2ccccc2-4)[n+](C)c1. The van der Waals surface area contributed by atoms with Gasteiger partial charge >= 0.3 is 0 Å². The van der Waals surface area contributed by atoms with Crippen molar-refractivity contribution in [1.82, 2.24) is 0 Å². The Hall–Kier alpha value is -13.6. The zero-order valence-electron chi connectivity index (χ0n) is 81.1.